The molecule has 7 heteroatoms. The zero-order valence-electron chi connectivity index (χ0n) is 23.0. The molecule has 0 amide bonds. The first-order valence-electron chi connectivity index (χ1n) is 14.4. The van der Waals surface area contributed by atoms with Crippen LogP contribution in [0.5, 0.6) is 5.75 Å². The van der Waals surface area contributed by atoms with Crippen LogP contribution in [0.3, 0.4) is 0 Å². The number of rotatable bonds is 7. The Kier molecular flexibility index (Phi) is 8.81. The van der Waals surface area contributed by atoms with Crippen molar-refractivity contribution in [3.8, 4) is 16.9 Å². The summed E-state index contributed by atoms with van der Waals surface area (Å²) in [4.78, 5) is 0. The number of halogens is 6. The van der Waals surface area contributed by atoms with E-state index in [2.05, 4.69) is 23.8 Å². The largest absolute Gasteiger partial charge is 0.432 e. The summed E-state index contributed by atoms with van der Waals surface area (Å²) in [6.07, 6.45) is 9.30. The fourth-order valence-electron chi connectivity index (χ4n) is 6.73. The lowest BCUT2D eigenvalue weighted by Crippen LogP contribution is -2.25. The Balaban J connectivity index is 1.26. The first kappa shape index (κ1) is 29.3. The van der Waals surface area contributed by atoms with Gasteiger partial charge >= 0.3 is 6.11 Å². The lowest BCUT2D eigenvalue weighted by molar-refractivity contribution is -0.189. The Morgan fingerprint density at radius 1 is 0.707 bits per heavy atom. The number of alkyl halides is 2. The topological polar surface area (TPSA) is 9.23 Å². The molecule has 0 N–H and O–H groups in total. The van der Waals surface area contributed by atoms with E-state index in [1.54, 1.807) is 6.07 Å². The van der Waals surface area contributed by atoms with Crippen molar-refractivity contribution in [2.75, 3.05) is 0 Å². The first-order valence-corrected chi connectivity index (χ1v) is 14.4. The van der Waals surface area contributed by atoms with Crippen molar-refractivity contribution in [3.05, 3.63) is 101 Å². The molecule has 0 atom stereocenters. The van der Waals surface area contributed by atoms with E-state index in [1.165, 1.54) is 37.8 Å². The molecule has 41 heavy (non-hydrogen) atoms. The summed E-state index contributed by atoms with van der Waals surface area (Å²) < 4.78 is 91.7. The molecule has 3 aromatic rings. The average Bonchev–Trinajstić information content (AvgIpc) is 2.94. The zero-order chi connectivity index (χ0) is 29.1. The Labute approximate surface area is 237 Å². The third kappa shape index (κ3) is 6.65. The quantitative estimate of drug-likeness (QED) is 0.202. The number of hydrogen-bond acceptors (Lipinski definition) is 1. The number of ether oxygens (including phenoxy) is 1. The minimum absolute atomic E-state index is 0.0764. The molecule has 2 aliphatic rings. The highest BCUT2D eigenvalue weighted by Crippen LogP contribution is 2.45. The predicted molar refractivity (Wildman–Crippen MR) is 148 cm³/mol. The fourth-order valence-corrected chi connectivity index (χ4v) is 6.73. The van der Waals surface area contributed by atoms with Crippen LogP contribution in [0.1, 0.15) is 75.3 Å². The van der Waals surface area contributed by atoms with Crippen LogP contribution in [0.4, 0.5) is 26.3 Å². The number of allylic oxidation sites excluding steroid dienone is 2. The summed E-state index contributed by atoms with van der Waals surface area (Å²) in [5.74, 6) is -2.57. The first-order chi connectivity index (χ1) is 19.6. The van der Waals surface area contributed by atoms with Crippen LogP contribution in [0.2, 0.25) is 0 Å². The maximum absolute atomic E-state index is 15.2. The summed E-state index contributed by atoms with van der Waals surface area (Å²) in [7, 11) is 0. The van der Waals surface area contributed by atoms with Gasteiger partial charge in [-0.2, -0.15) is 8.78 Å². The van der Waals surface area contributed by atoms with Gasteiger partial charge in [-0.05, 0) is 136 Å². The minimum Gasteiger partial charge on any atom is -0.429 e. The van der Waals surface area contributed by atoms with Gasteiger partial charge in [0.05, 0.1) is 0 Å². The van der Waals surface area contributed by atoms with Crippen LogP contribution >= 0.6 is 0 Å². The van der Waals surface area contributed by atoms with Crippen LogP contribution in [0, 0.1) is 41.0 Å². The van der Waals surface area contributed by atoms with Crippen LogP contribution in [0.25, 0.3) is 11.1 Å². The van der Waals surface area contributed by atoms with Crippen molar-refractivity contribution in [1.29, 1.82) is 0 Å². The standard InChI is InChI=1S/C34H34F6O/c1-2-3-21-4-6-22(7-5-21)23-8-10-24(11-9-23)25-12-17-29(30(36)18-25)26-19-31(37)33(32(38)20-26)34(39,40)41-28-15-13-27(35)14-16-28/h2-3,12-24H,4-11H2,1H3/b3-2+. The van der Waals surface area contributed by atoms with E-state index in [0.717, 1.165) is 61.4 Å². The maximum Gasteiger partial charge on any atom is 0.432 e. The molecule has 2 fully saturated rings. The highest BCUT2D eigenvalue weighted by molar-refractivity contribution is 5.65. The van der Waals surface area contributed by atoms with E-state index in [4.69, 9.17) is 0 Å². The van der Waals surface area contributed by atoms with Gasteiger partial charge in [0.25, 0.3) is 0 Å². The molecule has 0 bridgehead atoms. The van der Waals surface area contributed by atoms with Gasteiger partial charge in [0.1, 0.15) is 34.6 Å². The van der Waals surface area contributed by atoms with Gasteiger partial charge in [0, 0.05) is 5.56 Å². The summed E-state index contributed by atoms with van der Waals surface area (Å²) in [6.45, 7) is 2.07. The second kappa shape index (κ2) is 12.3. The molecule has 5 rings (SSSR count). The summed E-state index contributed by atoms with van der Waals surface area (Å²) in [5.41, 5.74) is -1.02. The highest BCUT2D eigenvalue weighted by Gasteiger charge is 2.41. The molecule has 218 valence electrons. The molecule has 3 aromatic carbocycles. The van der Waals surface area contributed by atoms with Crippen LogP contribution in [-0.2, 0) is 6.11 Å². The Morgan fingerprint density at radius 3 is 1.85 bits per heavy atom. The third-order valence-corrected chi connectivity index (χ3v) is 8.89. The zero-order valence-corrected chi connectivity index (χ0v) is 23.0. The van der Waals surface area contributed by atoms with Crippen LogP contribution in [0.15, 0.2) is 66.7 Å². The lowest BCUT2D eigenvalue weighted by atomic mass is 9.68. The molecular formula is C34H34F6O. The summed E-state index contributed by atoms with van der Waals surface area (Å²) >= 11 is 0. The van der Waals surface area contributed by atoms with E-state index in [-0.39, 0.29) is 17.0 Å². The van der Waals surface area contributed by atoms with Crippen LogP contribution in [-0.4, -0.2) is 0 Å². The van der Waals surface area contributed by atoms with E-state index < -0.39 is 40.7 Å². The van der Waals surface area contributed by atoms with E-state index >= 15 is 4.39 Å². The van der Waals surface area contributed by atoms with Gasteiger partial charge in [0.15, 0.2) is 0 Å². The predicted octanol–water partition coefficient (Wildman–Crippen LogP) is 10.7. The van der Waals surface area contributed by atoms with Crippen molar-refractivity contribution in [3.63, 3.8) is 0 Å². The summed E-state index contributed by atoms with van der Waals surface area (Å²) in [6, 6.07) is 9.59. The average molecular weight is 573 g/mol. The smallest absolute Gasteiger partial charge is 0.429 e. The van der Waals surface area contributed by atoms with Gasteiger partial charge < -0.3 is 4.74 Å². The Hall–Kier alpha value is -3.22. The van der Waals surface area contributed by atoms with Gasteiger partial charge in [-0.25, -0.2) is 17.6 Å². The molecule has 0 saturated heterocycles. The molecule has 0 spiro atoms. The second-order valence-electron chi connectivity index (χ2n) is 11.4. The molecule has 2 saturated carbocycles. The minimum atomic E-state index is -4.38. The molecule has 0 aromatic heterocycles. The molecule has 1 nitrogen and oxygen atoms in total. The van der Waals surface area contributed by atoms with E-state index in [9.17, 15) is 22.0 Å². The van der Waals surface area contributed by atoms with Crippen LogP contribution < -0.4 is 4.74 Å². The summed E-state index contributed by atoms with van der Waals surface area (Å²) in [5, 5.41) is 0. The monoisotopic (exact) mass is 572 g/mol. The van der Waals surface area contributed by atoms with Gasteiger partial charge in [-0.15, -0.1) is 0 Å². The van der Waals surface area contributed by atoms with Crippen molar-refractivity contribution in [1.82, 2.24) is 0 Å². The molecule has 0 radical (unpaired) electrons. The van der Waals surface area contributed by atoms with E-state index in [0.29, 0.717) is 24.0 Å². The van der Waals surface area contributed by atoms with Gasteiger partial charge in [0.2, 0.25) is 0 Å². The fraction of sp³-hybridized carbons (Fsp3) is 0.412. The molecule has 0 heterocycles. The van der Waals surface area contributed by atoms with Crippen molar-refractivity contribution >= 4 is 0 Å². The van der Waals surface area contributed by atoms with Crippen molar-refractivity contribution in [2.24, 2.45) is 17.8 Å². The number of hydrogen-bond donors (Lipinski definition) is 0. The second-order valence-corrected chi connectivity index (χ2v) is 11.4. The Morgan fingerprint density at radius 2 is 1.29 bits per heavy atom. The molecule has 2 aliphatic carbocycles. The van der Waals surface area contributed by atoms with Crippen molar-refractivity contribution < 1.29 is 31.1 Å². The number of benzene rings is 3. The molecule has 0 aliphatic heterocycles. The lowest BCUT2D eigenvalue weighted by Gasteiger charge is -2.37. The molecular weight excluding hydrogens is 538 g/mol. The molecule has 0 unspecified atom stereocenters. The van der Waals surface area contributed by atoms with Gasteiger partial charge in [-0.3, -0.25) is 0 Å². The van der Waals surface area contributed by atoms with Crippen molar-refractivity contribution in [2.45, 2.75) is 70.3 Å². The third-order valence-electron chi connectivity index (χ3n) is 8.89. The SMILES string of the molecule is C/C=C/C1CCC(C2CCC(c3ccc(-c4cc(F)c(C(F)(F)Oc5ccc(F)cc5)c(F)c4)c(F)c3)CC2)CC1. The van der Waals surface area contributed by atoms with E-state index in [1.807, 2.05) is 0 Å². The highest BCUT2D eigenvalue weighted by atomic mass is 19.3. The normalized spacial score (nSPS) is 23.6. The van der Waals surface area contributed by atoms with Gasteiger partial charge in [-0.1, -0.05) is 24.3 Å². The maximum atomic E-state index is 15.2. The Bertz CT molecular complexity index is 1340.